The Morgan fingerprint density at radius 2 is 1.89 bits per heavy atom. The van der Waals surface area contributed by atoms with Gasteiger partial charge in [0.1, 0.15) is 0 Å². The molecule has 0 bridgehead atoms. The van der Waals surface area contributed by atoms with Crippen molar-refractivity contribution in [3.05, 3.63) is 70.3 Å². The molecule has 28 heavy (non-hydrogen) atoms. The molecule has 0 aromatic heterocycles. The molecule has 2 aliphatic heterocycles. The van der Waals surface area contributed by atoms with E-state index in [2.05, 4.69) is 22.8 Å². The lowest BCUT2D eigenvalue weighted by molar-refractivity contribution is -0.125. The summed E-state index contributed by atoms with van der Waals surface area (Å²) in [6, 6.07) is 13.3. The van der Waals surface area contributed by atoms with Gasteiger partial charge in [-0.2, -0.15) is 0 Å². The van der Waals surface area contributed by atoms with Crippen LogP contribution in [-0.2, 0) is 31.0 Å². The number of nitrogens with one attached hydrogen (secondary N) is 2. The van der Waals surface area contributed by atoms with E-state index in [9.17, 15) is 14.4 Å². The summed E-state index contributed by atoms with van der Waals surface area (Å²) in [5.41, 5.74) is 4.92. The number of imide groups is 1. The lowest BCUT2D eigenvalue weighted by Crippen LogP contribution is -2.28. The molecule has 146 valence electrons. The van der Waals surface area contributed by atoms with Crippen LogP contribution in [0.2, 0.25) is 0 Å². The Bertz CT molecular complexity index is 919. The largest absolute Gasteiger partial charge is 0.348 e. The van der Waals surface area contributed by atoms with E-state index in [1.165, 1.54) is 16.0 Å². The molecular formula is C20H20ClN3O3S. The van der Waals surface area contributed by atoms with Crippen molar-refractivity contribution in [2.24, 2.45) is 0 Å². The summed E-state index contributed by atoms with van der Waals surface area (Å²) in [4.78, 5) is 37.2. The fourth-order valence-corrected chi connectivity index (χ4v) is 3.99. The predicted octanol–water partition coefficient (Wildman–Crippen LogP) is 2.84. The van der Waals surface area contributed by atoms with Gasteiger partial charge in [-0.05, 0) is 34.4 Å². The summed E-state index contributed by atoms with van der Waals surface area (Å²) in [5.74, 6) is -0.176. The van der Waals surface area contributed by atoms with Crippen molar-refractivity contribution in [1.82, 2.24) is 15.5 Å². The lowest BCUT2D eigenvalue weighted by Gasteiger charge is -2.13. The van der Waals surface area contributed by atoms with E-state index in [4.69, 9.17) is 0 Å². The zero-order chi connectivity index (χ0) is 18.8. The number of carbonyl (C=O) groups excluding carboxylic acids is 3. The number of hydrogen-bond donors (Lipinski definition) is 2. The standard InChI is InChI=1S/C20H19N3O3S.ClH/c24-18-12-27-20(26)23(18)11-14-2-1-3-15(7-14)19(25)22-8-13-4-5-16-9-21-10-17(16)6-13;/h1-7,21H,8-12H2,(H,22,25);1H. The Balaban J connectivity index is 0.00000225. The van der Waals surface area contributed by atoms with Crippen molar-refractivity contribution in [3.8, 4) is 0 Å². The predicted molar refractivity (Wildman–Crippen MR) is 110 cm³/mol. The van der Waals surface area contributed by atoms with Gasteiger partial charge in [0.2, 0.25) is 5.91 Å². The minimum absolute atomic E-state index is 0. The Hall–Kier alpha value is -2.35. The van der Waals surface area contributed by atoms with Gasteiger partial charge >= 0.3 is 0 Å². The number of benzene rings is 2. The zero-order valence-electron chi connectivity index (χ0n) is 15.1. The van der Waals surface area contributed by atoms with E-state index >= 15 is 0 Å². The second-order valence-corrected chi connectivity index (χ2v) is 7.55. The summed E-state index contributed by atoms with van der Waals surface area (Å²) >= 11 is 1.01. The number of fused-ring (bicyclic) bond motifs is 1. The SMILES string of the molecule is Cl.O=C(NCc1ccc2c(c1)CNC2)c1cccc(CN2C(=O)CSC2=O)c1. The molecule has 2 N–H and O–H groups in total. The van der Waals surface area contributed by atoms with E-state index in [0.717, 1.165) is 36.0 Å². The van der Waals surface area contributed by atoms with Gasteiger partial charge in [0.25, 0.3) is 11.1 Å². The van der Waals surface area contributed by atoms with Crippen molar-refractivity contribution < 1.29 is 14.4 Å². The fraction of sp³-hybridized carbons (Fsp3) is 0.250. The van der Waals surface area contributed by atoms with Crippen molar-refractivity contribution in [1.29, 1.82) is 0 Å². The van der Waals surface area contributed by atoms with Crippen LogP contribution in [-0.4, -0.2) is 27.7 Å². The van der Waals surface area contributed by atoms with Crippen molar-refractivity contribution in [2.45, 2.75) is 26.2 Å². The Morgan fingerprint density at radius 3 is 2.68 bits per heavy atom. The first-order valence-electron chi connectivity index (χ1n) is 8.76. The normalized spacial score (nSPS) is 15.4. The first kappa shape index (κ1) is 20.4. The van der Waals surface area contributed by atoms with Crippen molar-refractivity contribution in [3.63, 3.8) is 0 Å². The van der Waals surface area contributed by atoms with Crippen molar-refractivity contribution >= 4 is 41.2 Å². The molecule has 2 aromatic rings. The summed E-state index contributed by atoms with van der Waals surface area (Å²) < 4.78 is 0. The van der Waals surface area contributed by atoms with Gasteiger partial charge in [0, 0.05) is 25.2 Å². The van der Waals surface area contributed by atoms with Crippen LogP contribution in [0.4, 0.5) is 4.79 Å². The highest BCUT2D eigenvalue weighted by molar-refractivity contribution is 8.14. The van der Waals surface area contributed by atoms with E-state index < -0.39 is 0 Å². The summed E-state index contributed by atoms with van der Waals surface area (Å²) in [5, 5.41) is 6.01. The van der Waals surface area contributed by atoms with E-state index in [-0.39, 0.29) is 41.8 Å². The minimum atomic E-state index is -0.235. The molecule has 0 saturated carbocycles. The number of amides is 3. The van der Waals surface area contributed by atoms with Crippen molar-refractivity contribution in [2.75, 3.05) is 5.75 Å². The first-order valence-corrected chi connectivity index (χ1v) is 9.74. The smallest absolute Gasteiger partial charge is 0.289 e. The summed E-state index contributed by atoms with van der Waals surface area (Å²) in [6.07, 6.45) is 0. The number of carbonyl (C=O) groups is 3. The van der Waals surface area contributed by atoms with E-state index in [0.29, 0.717) is 12.1 Å². The maximum absolute atomic E-state index is 12.5. The second-order valence-electron chi connectivity index (χ2n) is 6.62. The molecule has 2 heterocycles. The molecule has 2 aromatic carbocycles. The van der Waals surface area contributed by atoms with Crippen LogP contribution in [0.25, 0.3) is 0 Å². The van der Waals surface area contributed by atoms with Crippen LogP contribution < -0.4 is 10.6 Å². The molecule has 6 nitrogen and oxygen atoms in total. The Morgan fingerprint density at radius 1 is 1.07 bits per heavy atom. The van der Waals surface area contributed by atoms with Crippen LogP contribution >= 0.6 is 24.2 Å². The van der Waals surface area contributed by atoms with Crippen LogP contribution in [0.15, 0.2) is 42.5 Å². The molecule has 3 amide bonds. The third kappa shape index (κ3) is 4.38. The van der Waals surface area contributed by atoms with Gasteiger partial charge in [0.15, 0.2) is 0 Å². The number of halogens is 1. The Kier molecular flexibility index (Phi) is 6.39. The highest BCUT2D eigenvalue weighted by atomic mass is 35.5. The fourth-order valence-electron chi connectivity index (χ4n) is 3.27. The minimum Gasteiger partial charge on any atom is -0.348 e. The first-order chi connectivity index (χ1) is 13.1. The Labute approximate surface area is 173 Å². The van der Waals surface area contributed by atoms with E-state index in [1.54, 1.807) is 18.2 Å². The quantitative estimate of drug-likeness (QED) is 0.782. The van der Waals surface area contributed by atoms with Gasteiger partial charge in [-0.15, -0.1) is 12.4 Å². The molecule has 0 radical (unpaired) electrons. The lowest BCUT2D eigenvalue weighted by atomic mass is 10.1. The highest BCUT2D eigenvalue weighted by Crippen LogP contribution is 2.21. The molecule has 1 fully saturated rings. The molecule has 8 heteroatoms. The van der Waals surface area contributed by atoms with Gasteiger partial charge in [-0.25, -0.2) is 0 Å². The number of hydrogen-bond acceptors (Lipinski definition) is 5. The highest BCUT2D eigenvalue weighted by Gasteiger charge is 2.29. The molecule has 1 saturated heterocycles. The molecule has 0 spiro atoms. The monoisotopic (exact) mass is 417 g/mol. The topological polar surface area (TPSA) is 78.5 Å². The number of thioether (sulfide) groups is 1. The average molecular weight is 418 g/mol. The molecule has 4 rings (SSSR count). The number of nitrogens with zero attached hydrogens (tertiary/aromatic N) is 1. The summed E-state index contributed by atoms with van der Waals surface area (Å²) in [7, 11) is 0. The molecular weight excluding hydrogens is 398 g/mol. The maximum atomic E-state index is 12.5. The number of rotatable bonds is 5. The van der Waals surface area contributed by atoms with Crippen LogP contribution in [0.3, 0.4) is 0 Å². The molecule has 0 unspecified atom stereocenters. The maximum Gasteiger partial charge on any atom is 0.289 e. The summed E-state index contributed by atoms with van der Waals surface area (Å²) in [6.45, 7) is 2.42. The van der Waals surface area contributed by atoms with Gasteiger partial charge in [0.05, 0.1) is 12.3 Å². The van der Waals surface area contributed by atoms with Crippen LogP contribution in [0.1, 0.15) is 32.6 Å². The van der Waals surface area contributed by atoms with Gasteiger partial charge in [-0.3, -0.25) is 19.3 Å². The third-order valence-electron chi connectivity index (χ3n) is 4.73. The third-order valence-corrected chi connectivity index (χ3v) is 5.58. The molecule has 2 aliphatic rings. The molecule has 0 aliphatic carbocycles. The van der Waals surface area contributed by atoms with Gasteiger partial charge < -0.3 is 10.6 Å². The average Bonchev–Trinajstić information content (AvgIpc) is 3.27. The zero-order valence-corrected chi connectivity index (χ0v) is 16.7. The second kappa shape index (κ2) is 8.77. The van der Waals surface area contributed by atoms with Crippen LogP contribution in [0, 0.1) is 0 Å². The molecule has 0 atom stereocenters. The van der Waals surface area contributed by atoms with Gasteiger partial charge in [-0.1, -0.05) is 42.1 Å². The van der Waals surface area contributed by atoms with Crippen LogP contribution in [0.5, 0.6) is 0 Å². The van der Waals surface area contributed by atoms with E-state index in [1.807, 2.05) is 12.1 Å².